The van der Waals surface area contributed by atoms with E-state index < -0.39 is 5.97 Å². The predicted octanol–water partition coefficient (Wildman–Crippen LogP) is 1.83. The quantitative estimate of drug-likeness (QED) is 0.882. The van der Waals surface area contributed by atoms with Gasteiger partial charge in [0.25, 0.3) is 0 Å². The number of aliphatic carboxylic acids is 1. The Hall–Kier alpha value is -2.08. The SMILES string of the molecule is O=C(O)Cc1cn2cccc(OCCN3CCCCC3)c2n1. The van der Waals surface area contributed by atoms with Crippen molar-refractivity contribution in [3.05, 3.63) is 30.2 Å². The van der Waals surface area contributed by atoms with E-state index in [4.69, 9.17) is 9.84 Å². The lowest BCUT2D eigenvalue weighted by molar-refractivity contribution is -0.136. The molecular formula is C16H21N3O3. The van der Waals surface area contributed by atoms with Crippen LogP contribution in [0, 0.1) is 0 Å². The highest BCUT2D eigenvalue weighted by molar-refractivity contribution is 5.70. The number of hydrogen-bond acceptors (Lipinski definition) is 4. The summed E-state index contributed by atoms with van der Waals surface area (Å²) in [5.41, 5.74) is 1.22. The molecule has 0 atom stereocenters. The Labute approximate surface area is 129 Å². The van der Waals surface area contributed by atoms with Crippen molar-refractivity contribution in [2.75, 3.05) is 26.2 Å². The number of imidazole rings is 1. The minimum atomic E-state index is -0.879. The van der Waals surface area contributed by atoms with E-state index in [0.717, 1.165) is 19.6 Å². The molecule has 0 saturated carbocycles. The number of ether oxygens (including phenoxy) is 1. The number of fused-ring (bicyclic) bond motifs is 1. The van der Waals surface area contributed by atoms with Crippen molar-refractivity contribution in [2.45, 2.75) is 25.7 Å². The van der Waals surface area contributed by atoms with E-state index in [9.17, 15) is 4.79 Å². The molecule has 0 spiro atoms. The number of piperidine rings is 1. The van der Waals surface area contributed by atoms with Gasteiger partial charge in [0.1, 0.15) is 6.61 Å². The summed E-state index contributed by atoms with van der Waals surface area (Å²) in [6.45, 7) is 3.85. The van der Waals surface area contributed by atoms with Gasteiger partial charge in [-0.3, -0.25) is 9.69 Å². The van der Waals surface area contributed by atoms with Crippen molar-refractivity contribution in [3.8, 4) is 5.75 Å². The monoisotopic (exact) mass is 303 g/mol. The summed E-state index contributed by atoms with van der Waals surface area (Å²) in [6.07, 6.45) is 7.39. The van der Waals surface area contributed by atoms with Gasteiger partial charge in [0.2, 0.25) is 0 Å². The molecule has 0 unspecified atom stereocenters. The fourth-order valence-corrected chi connectivity index (χ4v) is 2.86. The summed E-state index contributed by atoms with van der Waals surface area (Å²) >= 11 is 0. The number of hydrogen-bond donors (Lipinski definition) is 1. The van der Waals surface area contributed by atoms with E-state index in [1.807, 2.05) is 22.7 Å². The molecule has 6 heteroatoms. The first-order valence-electron chi connectivity index (χ1n) is 7.76. The molecule has 2 aromatic rings. The second-order valence-electron chi connectivity index (χ2n) is 5.66. The lowest BCUT2D eigenvalue weighted by atomic mass is 10.1. The van der Waals surface area contributed by atoms with Crippen LogP contribution in [0.5, 0.6) is 5.75 Å². The first-order chi connectivity index (χ1) is 10.7. The molecule has 1 aliphatic rings. The number of carbonyl (C=O) groups is 1. The second kappa shape index (κ2) is 6.79. The van der Waals surface area contributed by atoms with Gasteiger partial charge in [-0.1, -0.05) is 6.42 Å². The maximum Gasteiger partial charge on any atom is 0.309 e. The average Bonchev–Trinajstić information content (AvgIpc) is 2.90. The number of likely N-dealkylation sites (tertiary alicyclic amines) is 1. The van der Waals surface area contributed by atoms with Crippen molar-refractivity contribution in [1.29, 1.82) is 0 Å². The van der Waals surface area contributed by atoms with E-state index in [1.54, 1.807) is 6.20 Å². The maximum absolute atomic E-state index is 10.8. The molecular weight excluding hydrogens is 282 g/mol. The van der Waals surface area contributed by atoms with Crippen molar-refractivity contribution < 1.29 is 14.6 Å². The van der Waals surface area contributed by atoms with Crippen LogP contribution in [0.15, 0.2) is 24.5 Å². The van der Waals surface area contributed by atoms with E-state index in [2.05, 4.69) is 9.88 Å². The average molecular weight is 303 g/mol. The molecule has 22 heavy (non-hydrogen) atoms. The zero-order valence-electron chi connectivity index (χ0n) is 12.6. The van der Waals surface area contributed by atoms with Crippen molar-refractivity contribution in [3.63, 3.8) is 0 Å². The van der Waals surface area contributed by atoms with Gasteiger partial charge in [-0.05, 0) is 38.1 Å². The third-order valence-electron chi connectivity index (χ3n) is 3.94. The van der Waals surface area contributed by atoms with E-state index >= 15 is 0 Å². The predicted molar refractivity (Wildman–Crippen MR) is 82.3 cm³/mol. The lowest BCUT2D eigenvalue weighted by Gasteiger charge is -2.26. The third kappa shape index (κ3) is 3.57. The maximum atomic E-state index is 10.8. The van der Waals surface area contributed by atoms with Crippen LogP contribution in [0.3, 0.4) is 0 Å². The van der Waals surface area contributed by atoms with Crippen molar-refractivity contribution >= 4 is 11.6 Å². The number of aromatic nitrogens is 2. The van der Waals surface area contributed by atoms with Gasteiger partial charge in [-0.2, -0.15) is 0 Å². The van der Waals surface area contributed by atoms with Gasteiger partial charge in [-0.25, -0.2) is 4.98 Å². The van der Waals surface area contributed by atoms with Crippen molar-refractivity contribution in [2.24, 2.45) is 0 Å². The molecule has 0 aromatic carbocycles. The number of rotatable bonds is 6. The summed E-state index contributed by atoms with van der Waals surface area (Å²) in [5, 5.41) is 8.86. The lowest BCUT2D eigenvalue weighted by Crippen LogP contribution is -2.33. The highest BCUT2D eigenvalue weighted by Gasteiger charge is 2.12. The Bertz CT molecular complexity index is 647. The smallest absolute Gasteiger partial charge is 0.309 e. The minimum Gasteiger partial charge on any atom is -0.488 e. The van der Waals surface area contributed by atoms with Crippen LogP contribution >= 0.6 is 0 Å². The molecule has 3 rings (SSSR count). The van der Waals surface area contributed by atoms with E-state index in [0.29, 0.717) is 23.7 Å². The number of carboxylic acids is 1. The third-order valence-corrected chi connectivity index (χ3v) is 3.94. The summed E-state index contributed by atoms with van der Waals surface area (Å²) in [7, 11) is 0. The van der Waals surface area contributed by atoms with Gasteiger partial charge in [-0.15, -0.1) is 0 Å². The molecule has 1 saturated heterocycles. The van der Waals surface area contributed by atoms with Gasteiger partial charge in [0, 0.05) is 18.9 Å². The van der Waals surface area contributed by atoms with Gasteiger partial charge in [0.05, 0.1) is 12.1 Å². The zero-order valence-corrected chi connectivity index (χ0v) is 12.6. The van der Waals surface area contributed by atoms with E-state index in [-0.39, 0.29) is 6.42 Å². The summed E-state index contributed by atoms with van der Waals surface area (Å²) in [5.74, 6) is -0.174. The molecule has 0 radical (unpaired) electrons. The van der Waals surface area contributed by atoms with Gasteiger partial charge in [0.15, 0.2) is 11.4 Å². The zero-order chi connectivity index (χ0) is 15.4. The van der Waals surface area contributed by atoms with Gasteiger partial charge < -0.3 is 14.2 Å². The van der Waals surface area contributed by atoms with Crippen LogP contribution in [-0.2, 0) is 11.2 Å². The first kappa shape index (κ1) is 14.8. The van der Waals surface area contributed by atoms with Crippen LogP contribution in [0.25, 0.3) is 5.65 Å². The summed E-state index contributed by atoms with van der Waals surface area (Å²) in [4.78, 5) is 17.6. The molecule has 2 aromatic heterocycles. The Morgan fingerprint density at radius 1 is 1.32 bits per heavy atom. The number of carboxylic acid groups (broad SMARTS) is 1. The Balaban J connectivity index is 1.64. The number of nitrogens with zero attached hydrogens (tertiary/aromatic N) is 3. The molecule has 0 aliphatic carbocycles. The Kier molecular flexibility index (Phi) is 4.58. The van der Waals surface area contributed by atoms with Crippen LogP contribution in [0.2, 0.25) is 0 Å². The Morgan fingerprint density at radius 3 is 2.91 bits per heavy atom. The molecule has 1 N–H and O–H groups in total. The first-order valence-corrected chi connectivity index (χ1v) is 7.76. The molecule has 118 valence electrons. The standard InChI is InChI=1S/C16H21N3O3/c20-15(21)11-13-12-19-8-4-5-14(16(19)17-13)22-10-9-18-6-2-1-3-7-18/h4-5,8,12H,1-3,6-7,9-11H2,(H,20,21). The molecule has 0 bridgehead atoms. The molecule has 1 fully saturated rings. The number of pyridine rings is 1. The molecule has 3 heterocycles. The topological polar surface area (TPSA) is 67.1 Å². The Morgan fingerprint density at radius 2 is 2.14 bits per heavy atom. The highest BCUT2D eigenvalue weighted by atomic mass is 16.5. The summed E-state index contributed by atoms with van der Waals surface area (Å²) in [6, 6.07) is 3.76. The van der Waals surface area contributed by atoms with Crippen LogP contribution in [0.1, 0.15) is 25.0 Å². The minimum absolute atomic E-state index is 0.0745. The molecule has 0 amide bonds. The fraction of sp³-hybridized carbons (Fsp3) is 0.500. The van der Waals surface area contributed by atoms with Crippen LogP contribution in [0.4, 0.5) is 0 Å². The summed E-state index contributed by atoms with van der Waals surface area (Å²) < 4.78 is 7.68. The molecule has 6 nitrogen and oxygen atoms in total. The fourth-order valence-electron chi connectivity index (χ4n) is 2.86. The van der Waals surface area contributed by atoms with E-state index in [1.165, 1.54) is 19.3 Å². The van der Waals surface area contributed by atoms with Gasteiger partial charge >= 0.3 is 5.97 Å². The van der Waals surface area contributed by atoms with Crippen LogP contribution < -0.4 is 4.74 Å². The normalized spacial score (nSPS) is 16.0. The van der Waals surface area contributed by atoms with Crippen LogP contribution in [-0.4, -0.2) is 51.6 Å². The second-order valence-corrected chi connectivity index (χ2v) is 5.66. The largest absolute Gasteiger partial charge is 0.488 e. The highest BCUT2D eigenvalue weighted by Crippen LogP contribution is 2.19. The molecule has 1 aliphatic heterocycles. The van der Waals surface area contributed by atoms with Crippen molar-refractivity contribution in [1.82, 2.24) is 14.3 Å².